The fourth-order valence-corrected chi connectivity index (χ4v) is 4.52. The lowest BCUT2D eigenvalue weighted by atomic mass is 9.75. The fraction of sp³-hybridized carbons (Fsp3) is 0.0909. The van der Waals surface area contributed by atoms with E-state index < -0.39 is 35.2 Å². The van der Waals surface area contributed by atoms with Crippen molar-refractivity contribution in [3.8, 4) is 0 Å². The second kappa shape index (κ2) is 8.14. The van der Waals surface area contributed by atoms with Gasteiger partial charge in [-0.15, -0.1) is 0 Å². The molecule has 10 heteroatoms. The molecule has 2 aromatic heterocycles. The lowest BCUT2D eigenvalue weighted by Gasteiger charge is -2.25. The molecule has 4 aromatic rings. The Morgan fingerprint density at radius 1 is 0.750 bits per heavy atom. The number of nitrogens with one attached hydrogen (secondary N) is 4. The first-order valence-electron chi connectivity index (χ1n) is 9.36. The number of benzene rings is 2. The number of fused-ring (bicyclic) bond motifs is 2. The highest BCUT2D eigenvalue weighted by molar-refractivity contribution is 6.42. The molecule has 0 spiro atoms. The summed E-state index contributed by atoms with van der Waals surface area (Å²) in [6.45, 7) is 0. The number of rotatable bonds is 7. The highest BCUT2D eigenvalue weighted by Crippen LogP contribution is 2.42. The van der Waals surface area contributed by atoms with Crippen molar-refractivity contribution in [1.82, 2.24) is 9.97 Å². The topological polar surface area (TPSA) is 154 Å². The highest BCUT2D eigenvalue weighted by Gasteiger charge is 2.40. The molecule has 0 saturated carbocycles. The molecule has 0 amide bonds. The lowest BCUT2D eigenvalue weighted by Crippen LogP contribution is -2.33. The molecule has 0 aliphatic carbocycles. The minimum Gasteiger partial charge on any atom is -0.477 e. The van der Waals surface area contributed by atoms with Crippen LogP contribution in [0.15, 0.2) is 48.8 Å². The molecule has 4 rings (SSSR count). The third-order valence-electron chi connectivity index (χ3n) is 5.48. The zero-order chi connectivity index (χ0) is 23.2. The summed E-state index contributed by atoms with van der Waals surface area (Å²) < 4.78 is 0. The number of carboxylic acid groups (broad SMARTS) is 2. The Hall–Kier alpha value is -3.62. The summed E-state index contributed by atoms with van der Waals surface area (Å²) in [5.74, 6) is -5.62. The normalized spacial score (nSPS) is 13.2. The van der Waals surface area contributed by atoms with Crippen molar-refractivity contribution in [1.29, 1.82) is 10.8 Å². The molecule has 0 radical (unpaired) electrons. The van der Waals surface area contributed by atoms with Crippen LogP contribution in [-0.2, 0) is 9.59 Å². The van der Waals surface area contributed by atoms with E-state index in [1.165, 1.54) is 12.4 Å². The number of aromatic amines is 2. The average Bonchev–Trinajstić information content (AvgIpc) is 3.37. The Morgan fingerprint density at radius 3 is 1.47 bits per heavy atom. The quantitative estimate of drug-likeness (QED) is 0.209. The maximum Gasteiger partial charge on any atom is 0.350 e. The largest absolute Gasteiger partial charge is 0.477 e. The Bertz CT molecular complexity index is 1310. The first-order valence-corrected chi connectivity index (χ1v) is 10.1. The minimum atomic E-state index is -1.52. The Kier molecular flexibility index (Phi) is 5.50. The van der Waals surface area contributed by atoms with Crippen LogP contribution >= 0.6 is 23.2 Å². The molecule has 0 fully saturated rings. The zero-order valence-corrected chi connectivity index (χ0v) is 17.8. The van der Waals surface area contributed by atoms with Gasteiger partial charge in [0, 0.05) is 35.0 Å². The summed E-state index contributed by atoms with van der Waals surface area (Å²) in [7, 11) is 0. The minimum absolute atomic E-state index is 0.349. The van der Waals surface area contributed by atoms with E-state index >= 15 is 0 Å². The number of aliphatic carboxylic acids is 2. The Balaban J connectivity index is 2.04. The summed E-state index contributed by atoms with van der Waals surface area (Å²) in [5.41, 5.74) is 0.242. The molecular formula is C22H16Cl2N4O4. The third kappa shape index (κ3) is 3.43. The van der Waals surface area contributed by atoms with E-state index in [9.17, 15) is 19.8 Å². The number of hydrogen-bond donors (Lipinski definition) is 6. The van der Waals surface area contributed by atoms with Crippen LogP contribution in [0.3, 0.4) is 0 Å². The van der Waals surface area contributed by atoms with E-state index in [1.54, 1.807) is 36.4 Å². The molecule has 8 nitrogen and oxygen atoms in total. The van der Waals surface area contributed by atoms with Crippen LogP contribution in [0.5, 0.6) is 0 Å². The second-order valence-corrected chi connectivity index (χ2v) is 8.02. The first-order chi connectivity index (χ1) is 15.2. The summed E-state index contributed by atoms with van der Waals surface area (Å²) >= 11 is 12.5. The molecule has 2 unspecified atom stereocenters. The molecule has 0 saturated heterocycles. The van der Waals surface area contributed by atoms with Gasteiger partial charge in [-0.2, -0.15) is 0 Å². The van der Waals surface area contributed by atoms with Crippen molar-refractivity contribution < 1.29 is 19.8 Å². The number of carboxylic acids is 2. The average molecular weight is 471 g/mol. The van der Waals surface area contributed by atoms with Crippen molar-refractivity contribution in [3.63, 3.8) is 0 Å². The standard InChI is InChI=1S/C22H16Cl2N4O4/c23-13-5-1-3-9-11(7-27-19(9)13)15(17(25)21(29)30)16(18(26)22(31)32)12-8-28-20-10(12)4-2-6-14(20)24/h1-8,15-16,25-28H,(H,29,30)(H,31,32). The molecule has 0 aliphatic rings. The van der Waals surface area contributed by atoms with Crippen molar-refractivity contribution in [2.75, 3.05) is 0 Å². The molecular weight excluding hydrogens is 455 g/mol. The predicted octanol–water partition coefficient (Wildman–Crippen LogP) is 5.03. The van der Waals surface area contributed by atoms with Gasteiger partial charge in [0.05, 0.1) is 21.1 Å². The summed E-state index contributed by atoms with van der Waals surface area (Å²) in [6, 6.07) is 10.0. The van der Waals surface area contributed by atoms with Gasteiger partial charge in [-0.1, -0.05) is 47.5 Å². The van der Waals surface area contributed by atoms with Gasteiger partial charge in [0.15, 0.2) is 0 Å². The van der Waals surface area contributed by atoms with Gasteiger partial charge in [-0.3, -0.25) is 10.8 Å². The molecule has 2 heterocycles. The molecule has 162 valence electrons. The van der Waals surface area contributed by atoms with Crippen LogP contribution in [0.4, 0.5) is 0 Å². The third-order valence-corrected chi connectivity index (χ3v) is 6.11. The number of halogens is 2. The molecule has 32 heavy (non-hydrogen) atoms. The van der Waals surface area contributed by atoms with Gasteiger partial charge in [0.25, 0.3) is 0 Å². The lowest BCUT2D eigenvalue weighted by molar-refractivity contribution is -0.131. The number of H-pyrrole nitrogens is 2. The van der Waals surface area contributed by atoms with Crippen LogP contribution in [-0.4, -0.2) is 43.5 Å². The number of aromatic nitrogens is 2. The van der Waals surface area contributed by atoms with E-state index in [0.29, 0.717) is 43.0 Å². The molecule has 6 N–H and O–H groups in total. The van der Waals surface area contributed by atoms with Crippen LogP contribution in [0.2, 0.25) is 10.0 Å². The maximum absolute atomic E-state index is 11.9. The van der Waals surface area contributed by atoms with Gasteiger partial charge >= 0.3 is 11.9 Å². The van der Waals surface area contributed by atoms with Gasteiger partial charge < -0.3 is 20.2 Å². The van der Waals surface area contributed by atoms with E-state index in [0.717, 1.165) is 0 Å². The van der Waals surface area contributed by atoms with Gasteiger partial charge in [-0.25, -0.2) is 9.59 Å². The van der Waals surface area contributed by atoms with Gasteiger partial charge in [0.2, 0.25) is 0 Å². The first kappa shape index (κ1) is 21.6. The zero-order valence-electron chi connectivity index (χ0n) is 16.2. The van der Waals surface area contributed by atoms with Gasteiger partial charge in [0.1, 0.15) is 11.4 Å². The highest BCUT2D eigenvalue weighted by atomic mass is 35.5. The van der Waals surface area contributed by atoms with Crippen LogP contribution < -0.4 is 0 Å². The van der Waals surface area contributed by atoms with E-state index in [2.05, 4.69) is 9.97 Å². The van der Waals surface area contributed by atoms with E-state index in [-0.39, 0.29) is 0 Å². The number of para-hydroxylation sites is 2. The summed E-state index contributed by atoms with van der Waals surface area (Å²) in [4.78, 5) is 29.8. The van der Waals surface area contributed by atoms with Crippen molar-refractivity contribution in [2.24, 2.45) is 0 Å². The molecule has 2 atom stereocenters. The monoisotopic (exact) mass is 470 g/mol. The fourth-order valence-electron chi connectivity index (χ4n) is 4.06. The van der Waals surface area contributed by atoms with Crippen LogP contribution in [0.1, 0.15) is 23.0 Å². The van der Waals surface area contributed by atoms with Crippen LogP contribution in [0, 0.1) is 10.8 Å². The predicted molar refractivity (Wildman–Crippen MR) is 123 cm³/mol. The number of hydrogen-bond acceptors (Lipinski definition) is 4. The van der Waals surface area contributed by atoms with Crippen molar-refractivity contribution in [3.05, 3.63) is 70.0 Å². The van der Waals surface area contributed by atoms with Crippen molar-refractivity contribution >= 4 is 68.4 Å². The van der Waals surface area contributed by atoms with E-state index in [4.69, 9.17) is 34.0 Å². The van der Waals surface area contributed by atoms with Crippen molar-refractivity contribution in [2.45, 2.75) is 11.8 Å². The molecule has 0 aliphatic heterocycles. The summed E-state index contributed by atoms with van der Waals surface area (Å²) in [5, 5.41) is 37.9. The smallest absolute Gasteiger partial charge is 0.350 e. The Morgan fingerprint density at radius 2 is 1.12 bits per heavy atom. The maximum atomic E-state index is 11.9. The Labute approximate surface area is 190 Å². The SMILES string of the molecule is N=C(C(=O)O)C(c1c[nH]c2c(Cl)cccc12)C(C(=N)C(=O)O)c1c[nH]c2c(Cl)cccc12. The second-order valence-electron chi connectivity index (χ2n) is 7.21. The molecule has 0 bridgehead atoms. The van der Waals surface area contributed by atoms with Crippen LogP contribution in [0.25, 0.3) is 21.8 Å². The molecule has 2 aromatic carbocycles. The van der Waals surface area contributed by atoms with E-state index in [1.807, 2.05) is 0 Å². The van der Waals surface area contributed by atoms with Gasteiger partial charge in [-0.05, 0) is 23.3 Å². The number of carbonyl (C=O) groups is 2. The summed E-state index contributed by atoms with van der Waals surface area (Å²) in [6.07, 6.45) is 3.01.